The summed E-state index contributed by atoms with van der Waals surface area (Å²) >= 11 is 1.12. The molecule has 0 saturated heterocycles. The summed E-state index contributed by atoms with van der Waals surface area (Å²) in [6.45, 7) is 2.00. The molecule has 0 N–H and O–H groups in total. The third-order valence-corrected chi connectivity index (χ3v) is 1.83. The summed E-state index contributed by atoms with van der Waals surface area (Å²) in [6, 6.07) is 0. The molecule has 0 amide bonds. The van der Waals surface area contributed by atoms with Gasteiger partial charge < -0.3 is 4.74 Å². The van der Waals surface area contributed by atoms with Crippen LogP contribution in [-0.4, -0.2) is 12.1 Å². The molecule has 0 bridgehead atoms. The van der Waals surface area contributed by atoms with Crippen LogP contribution in [0.1, 0.15) is 6.92 Å². The van der Waals surface area contributed by atoms with Gasteiger partial charge in [0.15, 0.2) is 0 Å². The fraction of sp³-hybridized carbons (Fsp3) is 0.333. The minimum absolute atomic E-state index is 0.965. The van der Waals surface area contributed by atoms with Crippen LogP contribution in [0.25, 0.3) is 0 Å². The van der Waals surface area contributed by atoms with Gasteiger partial charge in [0.1, 0.15) is 5.76 Å². The Bertz CT molecular complexity index is 185. The summed E-state index contributed by atoms with van der Waals surface area (Å²) in [7, 11) is 1.68. The van der Waals surface area contributed by atoms with E-state index in [0.717, 1.165) is 22.7 Å². The maximum absolute atomic E-state index is 4.98. The van der Waals surface area contributed by atoms with E-state index < -0.39 is 0 Å². The van der Waals surface area contributed by atoms with Crippen molar-refractivity contribution in [3.63, 3.8) is 0 Å². The average Bonchev–Trinajstić information content (AvgIpc) is 2.14. The molecule has 8 heavy (non-hydrogen) atoms. The van der Waals surface area contributed by atoms with E-state index in [2.05, 4.69) is 5.02 Å². The van der Waals surface area contributed by atoms with E-state index >= 15 is 0 Å². The Morgan fingerprint density at radius 1 is 1.75 bits per heavy atom. The largest absolute Gasteiger partial charge is 0.495 e. The molecule has 0 unspecified atom stereocenters. The Hall–Kier alpha value is -0.460. The maximum atomic E-state index is 4.98. The molecule has 0 aromatic heterocycles. The van der Waals surface area contributed by atoms with Crippen molar-refractivity contribution < 1.29 is 4.74 Å². The summed E-state index contributed by atoms with van der Waals surface area (Å²) in [5, 5.41) is 5.09. The Kier molecular flexibility index (Phi) is 1.56. The second-order valence-corrected chi connectivity index (χ2v) is 2.30. The standard InChI is InChI=1S/C6H8OS/c1-5-3-8-4-6(5)7-2/h4,8H,1-2H3. The topological polar surface area (TPSA) is 9.23 Å². The first-order valence-corrected chi connectivity index (χ1v) is 3.35. The lowest BCUT2D eigenvalue weighted by Gasteiger charge is -1.97. The SMILES string of the molecule is COC1=C[SH]=C=C1C. The number of ether oxygens (including phenoxy) is 1. The smallest absolute Gasteiger partial charge is 0.136 e. The molecule has 1 rings (SSSR count). The quantitative estimate of drug-likeness (QED) is 0.413. The van der Waals surface area contributed by atoms with Gasteiger partial charge in [-0.15, -0.1) is 11.4 Å². The van der Waals surface area contributed by atoms with Gasteiger partial charge in [0, 0.05) is 11.0 Å². The minimum Gasteiger partial charge on any atom is -0.495 e. The molecule has 44 valence electrons. The van der Waals surface area contributed by atoms with Crippen molar-refractivity contribution in [3.8, 4) is 0 Å². The van der Waals surface area contributed by atoms with Gasteiger partial charge in [0.25, 0.3) is 0 Å². The van der Waals surface area contributed by atoms with Gasteiger partial charge in [-0.3, -0.25) is 0 Å². The summed E-state index contributed by atoms with van der Waals surface area (Å²) in [5.41, 5.74) is 1.12. The summed E-state index contributed by atoms with van der Waals surface area (Å²) < 4.78 is 4.98. The molecule has 0 aliphatic carbocycles. The lowest BCUT2D eigenvalue weighted by atomic mass is 10.3. The Morgan fingerprint density at radius 2 is 2.50 bits per heavy atom. The third kappa shape index (κ3) is 0.857. The molecule has 0 atom stereocenters. The fourth-order valence-corrected chi connectivity index (χ4v) is 1.33. The van der Waals surface area contributed by atoms with Crippen LogP contribution >= 0.6 is 11.4 Å². The van der Waals surface area contributed by atoms with Crippen LogP contribution in [0.4, 0.5) is 0 Å². The molecule has 1 nitrogen and oxygen atoms in total. The van der Waals surface area contributed by atoms with Crippen LogP contribution in [0, 0.1) is 0 Å². The van der Waals surface area contributed by atoms with Crippen molar-refractivity contribution >= 4 is 16.4 Å². The average molecular weight is 128 g/mol. The monoisotopic (exact) mass is 128 g/mol. The second-order valence-electron chi connectivity index (χ2n) is 1.56. The fourth-order valence-electron chi connectivity index (χ4n) is 0.545. The Morgan fingerprint density at radius 3 is 2.75 bits per heavy atom. The van der Waals surface area contributed by atoms with Gasteiger partial charge in [-0.2, -0.15) is 0 Å². The first kappa shape index (κ1) is 5.67. The van der Waals surface area contributed by atoms with Gasteiger partial charge in [-0.25, -0.2) is 0 Å². The first-order chi connectivity index (χ1) is 3.84. The highest BCUT2D eigenvalue weighted by atomic mass is 32.1. The van der Waals surface area contributed by atoms with E-state index in [1.54, 1.807) is 7.11 Å². The van der Waals surface area contributed by atoms with Crippen LogP contribution < -0.4 is 0 Å². The molecule has 0 radical (unpaired) electrons. The highest BCUT2D eigenvalue weighted by Gasteiger charge is 1.98. The van der Waals surface area contributed by atoms with E-state index in [4.69, 9.17) is 4.74 Å². The molecule has 0 aromatic carbocycles. The van der Waals surface area contributed by atoms with E-state index in [0.29, 0.717) is 0 Å². The Labute approximate surface area is 52.6 Å². The van der Waals surface area contributed by atoms with Gasteiger partial charge in [-0.05, 0) is 6.92 Å². The van der Waals surface area contributed by atoms with Crippen LogP contribution in [0.3, 0.4) is 0 Å². The zero-order valence-corrected chi connectivity index (χ0v) is 5.83. The lowest BCUT2D eigenvalue weighted by Crippen LogP contribution is -1.83. The van der Waals surface area contributed by atoms with Gasteiger partial charge in [0.05, 0.1) is 7.11 Å². The highest BCUT2D eigenvalue weighted by molar-refractivity contribution is 8.00. The van der Waals surface area contributed by atoms with Crippen LogP contribution in [0.15, 0.2) is 16.7 Å². The predicted octanol–water partition coefficient (Wildman–Crippen LogP) is 1.30. The van der Waals surface area contributed by atoms with Crippen molar-refractivity contribution in [2.45, 2.75) is 6.92 Å². The molecule has 0 saturated carbocycles. The van der Waals surface area contributed by atoms with E-state index in [1.165, 1.54) is 0 Å². The minimum atomic E-state index is 0.965. The molecule has 1 aliphatic rings. The number of methoxy groups -OCH3 is 1. The second kappa shape index (κ2) is 2.21. The molecule has 1 heterocycles. The van der Waals surface area contributed by atoms with Crippen molar-refractivity contribution in [2.75, 3.05) is 7.11 Å². The molecule has 1 aliphatic heterocycles. The predicted molar refractivity (Wildman–Crippen MR) is 38.3 cm³/mol. The lowest BCUT2D eigenvalue weighted by molar-refractivity contribution is 0.303. The highest BCUT2D eigenvalue weighted by Crippen LogP contribution is 2.14. The van der Waals surface area contributed by atoms with Crippen LogP contribution in [0.2, 0.25) is 0 Å². The number of hydrogen-bond acceptors (Lipinski definition) is 1. The summed E-state index contributed by atoms with van der Waals surface area (Å²) in [5.74, 6) is 0.965. The van der Waals surface area contributed by atoms with Crippen LogP contribution in [-0.2, 0) is 4.74 Å². The molecule has 2 heteroatoms. The first-order valence-electron chi connectivity index (χ1n) is 2.38. The number of thiol groups is 1. The van der Waals surface area contributed by atoms with E-state index in [1.807, 2.05) is 12.3 Å². The van der Waals surface area contributed by atoms with Gasteiger partial charge in [-0.1, -0.05) is 5.02 Å². The van der Waals surface area contributed by atoms with Crippen molar-refractivity contribution in [1.82, 2.24) is 0 Å². The van der Waals surface area contributed by atoms with Crippen molar-refractivity contribution in [3.05, 3.63) is 16.7 Å². The summed E-state index contributed by atoms with van der Waals surface area (Å²) in [4.78, 5) is 0. The normalized spacial score (nSPS) is 16.8. The van der Waals surface area contributed by atoms with Crippen molar-refractivity contribution in [1.29, 1.82) is 0 Å². The van der Waals surface area contributed by atoms with Crippen molar-refractivity contribution in [2.24, 2.45) is 0 Å². The molecular formula is C6H8OS. The molecule has 0 aromatic rings. The number of rotatable bonds is 1. The molecular weight excluding hydrogens is 120 g/mol. The zero-order chi connectivity index (χ0) is 5.98. The zero-order valence-electron chi connectivity index (χ0n) is 4.93. The van der Waals surface area contributed by atoms with Gasteiger partial charge in [0.2, 0.25) is 0 Å². The van der Waals surface area contributed by atoms with E-state index in [9.17, 15) is 0 Å². The number of hydrogen-bond donors (Lipinski definition) is 1. The molecule has 0 fully saturated rings. The third-order valence-electron chi connectivity index (χ3n) is 1.00. The Balaban J connectivity index is 2.78. The molecule has 0 spiro atoms. The number of allylic oxidation sites excluding steroid dienone is 1. The maximum Gasteiger partial charge on any atom is 0.136 e. The van der Waals surface area contributed by atoms with Crippen LogP contribution in [0.5, 0.6) is 0 Å². The van der Waals surface area contributed by atoms with Gasteiger partial charge >= 0.3 is 0 Å². The van der Waals surface area contributed by atoms with E-state index in [-0.39, 0.29) is 0 Å². The summed E-state index contributed by atoms with van der Waals surface area (Å²) in [6.07, 6.45) is 0.